The molecular weight excluding hydrogens is 583 g/mol. The van der Waals surface area contributed by atoms with E-state index in [1.807, 2.05) is 98.1 Å². The first kappa shape index (κ1) is 31.8. The summed E-state index contributed by atoms with van der Waals surface area (Å²) in [5.41, 5.74) is 5.70. The van der Waals surface area contributed by atoms with E-state index in [2.05, 4.69) is 22.0 Å². The second kappa shape index (κ2) is 13.6. The van der Waals surface area contributed by atoms with Gasteiger partial charge in [0.2, 0.25) is 5.78 Å². The summed E-state index contributed by atoms with van der Waals surface area (Å²) in [5.74, 6) is 1.59. The van der Waals surface area contributed by atoms with Crippen molar-refractivity contribution in [2.24, 2.45) is 0 Å². The van der Waals surface area contributed by atoms with Gasteiger partial charge < -0.3 is 4.74 Å². The molecule has 6 aromatic rings. The molecule has 0 bridgehead atoms. The van der Waals surface area contributed by atoms with Crippen molar-refractivity contribution in [2.75, 3.05) is 0 Å². The molecule has 0 saturated carbocycles. The van der Waals surface area contributed by atoms with Crippen LogP contribution in [0.1, 0.15) is 49.8 Å². The molecule has 10 nitrogen and oxygen atoms in total. The molecule has 0 aliphatic rings. The first-order valence-electron chi connectivity index (χ1n) is 14.3. The van der Waals surface area contributed by atoms with Crippen LogP contribution in [-0.4, -0.2) is 86.8 Å². The van der Waals surface area contributed by atoms with E-state index in [0.717, 1.165) is 40.1 Å². The van der Waals surface area contributed by atoms with Crippen molar-refractivity contribution in [1.82, 2.24) is 29.3 Å². The summed E-state index contributed by atoms with van der Waals surface area (Å²) in [6.45, 7) is 7.88. The molecule has 0 spiro atoms. The average Bonchev–Trinajstić information content (AvgIpc) is 3.61. The van der Waals surface area contributed by atoms with Gasteiger partial charge in [0.15, 0.2) is 5.82 Å². The summed E-state index contributed by atoms with van der Waals surface area (Å²) in [6.07, 6.45) is 2.01. The SMILES string of the molecule is CCCc1c(Cc2ccc(-c3ccccc3-c3noc(=O)[nH]3)cc2)c(=O)n(-c2ccc(OC(C)C)cc2)c2nc(C)nn12.[KH]. The molecule has 11 heteroatoms. The molecule has 0 amide bonds. The van der Waals surface area contributed by atoms with Crippen molar-refractivity contribution < 1.29 is 9.26 Å². The van der Waals surface area contributed by atoms with E-state index in [1.165, 1.54) is 0 Å². The van der Waals surface area contributed by atoms with Crippen LogP contribution in [0.3, 0.4) is 0 Å². The molecule has 6 rings (SSSR count). The number of aromatic nitrogens is 6. The Morgan fingerprint density at radius 1 is 0.955 bits per heavy atom. The fraction of sp³-hybridized carbons (Fsp3) is 0.242. The summed E-state index contributed by atoms with van der Waals surface area (Å²) in [7, 11) is 0. The van der Waals surface area contributed by atoms with Crippen LogP contribution in [0.5, 0.6) is 5.75 Å². The van der Waals surface area contributed by atoms with Crippen LogP contribution in [0, 0.1) is 6.92 Å². The van der Waals surface area contributed by atoms with Gasteiger partial charge in [-0.2, -0.15) is 10.1 Å². The number of aromatic amines is 1. The Bertz CT molecular complexity index is 2020. The molecule has 0 aliphatic carbocycles. The summed E-state index contributed by atoms with van der Waals surface area (Å²) in [6, 6.07) is 23.2. The maximum atomic E-state index is 14.3. The van der Waals surface area contributed by atoms with E-state index in [-0.39, 0.29) is 63.0 Å². The molecule has 1 N–H and O–H groups in total. The van der Waals surface area contributed by atoms with Gasteiger partial charge >= 0.3 is 57.1 Å². The quantitative estimate of drug-likeness (QED) is 0.230. The molecule has 0 atom stereocenters. The van der Waals surface area contributed by atoms with Crippen LogP contribution in [0.2, 0.25) is 0 Å². The van der Waals surface area contributed by atoms with E-state index in [0.29, 0.717) is 41.5 Å². The molecule has 0 aliphatic heterocycles. The normalized spacial score (nSPS) is 11.2. The first-order valence-corrected chi connectivity index (χ1v) is 14.3. The third-order valence-corrected chi connectivity index (χ3v) is 7.18. The van der Waals surface area contributed by atoms with Crippen LogP contribution in [0.4, 0.5) is 0 Å². The van der Waals surface area contributed by atoms with Crippen LogP contribution >= 0.6 is 0 Å². The first-order chi connectivity index (χ1) is 20.8. The van der Waals surface area contributed by atoms with Crippen molar-refractivity contribution >= 4 is 57.2 Å². The molecule has 0 saturated heterocycles. The standard InChI is InChI=1S/C33H32N6O4.K.H/c1-5-8-29-28(19-22-11-13-23(14-12-22)26-9-6-7-10-27(26)30-35-33(41)43-37-30)31(40)38(32-34-21(4)36-39(29)32)24-15-17-25(18-16-24)42-20(2)3;;/h6-7,9-18,20H,5,8,19H2,1-4H3,(H,35,37,41);;. The monoisotopic (exact) mass is 616 g/mol. The van der Waals surface area contributed by atoms with Crippen molar-refractivity contribution in [2.45, 2.75) is 53.1 Å². The third-order valence-electron chi connectivity index (χ3n) is 7.18. The summed E-state index contributed by atoms with van der Waals surface area (Å²) >= 11 is 0. The van der Waals surface area contributed by atoms with Gasteiger partial charge in [-0.1, -0.05) is 67.0 Å². The average molecular weight is 617 g/mol. The number of nitrogens with one attached hydrogen (secondary N) is 1. The molecule has 0 unspecified atom stereocenters. The Balaban J connectivity index is 0.00000384. The van der Waals surface area contributed by atoms with Gasteiger partial charge in [0, 0.05) is 17.5 Å². The molecule has 3 heterocycles. The van der Waals surface area contributed by atoms with E-state index >= 15 is 0 Å². The van der Waals surface area contributed by atoms with Crippen molar-refractivity contribution in [3.05, 3.63) is 116 Å². The van der Waals surface area contributed by atoms with Gasteiger partial charge in [0.1, 0.15) is 11.6 Å². The van der Waals surface area contributed by atoms with Gasteiger partial charge in [-0.25, -0.2) is 13.9 Å². The topological polar surface area (TPSA) is 120 Å². The minimum absolute atomic E-state index is 0. The molecule has 3 aromatic heterocycles. The number of hydrogen-bond donors (Lipinski definition) is 1. The van der Waals surface area contributed by atoms with Gasteiger partial charge in [-0.05, 0) is 68.1 Å². The second-order valence-corrected chi connectivity index (χ2v) is 10.7. The Morgan fingerprint density at radius 2 is 1.66 bits per heavy atom. The number of hydrogen-bond acceptors (Lipinski definition) is 7. The van der Waals surface area contributed by atoms with Crippen LogP contribution in [-0.2, 0) is 12.8 Å². The van der Waals surface area contributed by atoms with Crippen molar-refractivity contribution in [1.29, 1.82) is 0 Å². The number of rotatable bonds is 9. The number of fused-ring (bicyclic) bond motifs is 1. The van der Waals surface area contributed by atoms with Crippen LogP contribution in [0.25, 0.3) is 34.0 Å². The van der Waals surface area contributed by atoms with Crippen molar-refractivity contribution in [3.8, 4) is 34.0 Å². The predicted molar refractivity (Wildman–Crippen MR) is 171 cm³/mol. The number of nitrogens with zero attached hydrogens (tertiary/aromatic N) is 5. The Hall–Kier alpha value is -3.61. The van der Waals surface area contributed by atoms with Crippen molar-refractivity contribution in [3.63, 3.8) is 0 Å². The van der Waals surface area contributed by atoms with Crippen LogP contribution in [0.15, 0.2) is 86.9 Å². The number of benzene rings is 3. The molecule has 0 fully saturated rings. The van der Waals surface area contributed by atoms with Gasteiger partial charge in [0.05, 0.1) is 17.5 Å². The molecule has 3 aromatic carbocycles. The summed E-state index contributed by atoms with van der Waals surface area (Å²) in [5, 5.41) is 8.55. The molecular formula is C33H33KN6O4. The molecule has 0 radical (unpaired) electrons. The zero-order chi connectivity index (χ0) is 30.1. The fourth-order valence-corrected chi connectivity index (χ4v) is 5.35. The molecule has 220 valence electrons. The fourth-order valence-electron chi connectivity index (χ4n) is 5.35. The minimum atomic E-state index is -0.604. The maximum absolute atomic E-state index is 14.3. The van der Waals surface area contributed by atoms with Crippen LogP contribution < -0.4 is 16.1 Å². The Morgan fingerprint density at radius 3 is 2.30 bits per heavy atom. The summed E-state index contributed by atoms with van der Waals surface area (Å²) in [4.78, 5) is 33.1. The van der Waals surface area contributed by atoms with E-state index in [9.17, 15) is 9.59 Å². The van der Waals surface area contributed by atoms with E-state index < -0.39 is 5.76 Å². The number of ether oxygens (including phenoxy) is 1. The van der Waals surface area contributed by atoms with Gasteiger partial charge in [0.25, 0.3) is 5.56 Å². The predicted octanol–water partition coefficient (Wildman–Crippen LogP) is 4.88. The summed E-state index contributed by atoms with van der Waals surface area (Å²) < 4.78 is 14.0. The zero-order valence-electron chi connectivity index (χ0n) is 24.5. The van der Waals surface area contributed by atoms with E-state index in [4.69, 9.17) is 14.4 Å². The Labute approximate surface area is 296 Å². The third kappa shape index (κ3) is 6.42. The van der Waals surface area contributed by atoms with Gasteiger partial charge in [-0.3, -0.25) is 14.3 Å². The molecule has 44 heavy (non-hydrogen) atoms. The van der Waals surface area contributed by atoms with E-state index in [1.54, 1.807) is 4.57 Å². The Kier molecular flexibility index (Phi) is 9.81. The number of aryl methyl sites for hydroxylation is 2. The number of H-pyrrole nitrogens is 1. The van der Waals surface area contributed by atoms with Gasteiger partial charge in [-0.15, -0.1) is 0 Å². The zero-order valence-corrected chi connectivity index (χ0v) is 24.5. The second-order valence-electron chi connectivity index (χ2n) is 10.7.